The Morgan fingerprint density at radius 3 is 1.84 bits per heavy atom. The van der Waals surface area contributed by atoms with E-state index in [-0.39, 0.29) is 24.8 Å². The molecule has 0 aromatic heterocycles. The Labute approximate surface area is 137 Å². The normalized spacial score (nSPS) is 18.5. The third kappa shape index (κ3) is 3.69. The van der Waals surface area contributed by atoms with Gasteiger partial charge in [0, 0.05) is 0 Å². The molecule has 2 rings (SSSR count). The zero-order valence-electron chi connectivity index (χ0n) is 12.5. The predicted octanol–water partition coefficient (Wildman–Crippen LogP) is 5.52. The third-order valence-electron chi connectivity index (χ3n) is 4.22. The molecule has 0 bridgehead atoms. The van der Waals surface area contributed by atoms with Crippen LogP contribution in [-0.2, 0) is 21.3 Å². The number of halogens is 2. The van der Waals surface area contributed by atoms with Gasteiger partial charge in [0.05, 0.1) is 0 Å². The summed E-state index contributed by atoms with van der Waals surface area (Å²) in [6.07, 6.45) is 4.78. The van der Waals surface area contributed by atoms with Crippen molar-refractivity contribution in [1.29, 1.82) is 0 Å². The Kier molecular flexibility index (Phi) is 7.46. The Morgan fingerprint density at radius 1 is 0.895 bits per heavy atom. The topological polar surface area (TPSA) is 0 Å². The summed E-state index contributed by atoms with van der Waals surface area (Å²) in [5, 5.41) is 0. The van der Waals surface area contributed by atoms with Gasteiger partial charge in [0.2, 0.25) is 0 Å². The van der Waals surface area contributed by atoms with E-state index in [1.807, 2.05) is 0 Å². The van der Waals surface area contributed by atoms with Crippen molar-refractivity contribution in [3.8, 4) is 0 Å². The van der Waals surface area contributed by atoms with Crippen LogP contribution in [0.1, 0.15) is 47.5 Å². The molecule has 0 N–H and O–H groups in total. The van der Waals surface area contributed by atoms with Crippen LogP contribution in [0.4, 0.5) is 0 Å². The van der Waals surface area contributed by atoms with E-state index in [0.29, 0.717) is 0 Å². The van der Waals surface area contributed by atoms with Crippen molar-refractivity contribution in [2.45, 2.75) is 47.5 Å². The van der Waals surface area contributed by atoms with E-state index in [4.69, 9.17) is 0 Å². The molecule has 0 aromatic rings. The van der Waals surface area contributed by atoms with Gasteiger partial charge in [-0.25, -0.2) is 0 Å². The van der Waals surface area contributed by atoms with E-state index < -0.39 is 21.3 Å². The molecule has 0 amide bonds. The van der Waals surface area contributed by atoms with Crippen molar-refractivity contribution < 1.29 is 21.3 Å². The summed E-state index contributed by atoms with van der Waals surface area (Å²) in [6, 6.07) is 0. The minimum atomic E-state index is -1.74. The van der Waals surface area contributed by atoms with Crippen LogP contribution in [0.25, 0.3) is 0 Å². The fourth-order valence-electron chi connectivity index (χ4n) is 2.86. The van der Waals surface area contributed by atoms with Crippen LogP contribution < -0.4 is 0 Å². The average molecular weight is 378 g/mol. The van der Waals surface area contributed by atoms with Gasteiger partial charge in [-0.05, 0) is 0 Å². The third-order valence-corrected chi connectivity index (χ3v) is 10.6. The molecule has 0 aromatic carbocycles. The molecule has 0 spiro atoms. The molecule has 3 heteroatoms. The molecule has 0 nitrogen and oxygen atoms in total. The molecule has 0 heterocycles. The average Bonchev–Trinajstić information content (AvgIpc) is 2.72. The monoisotopic (exact) mass is 376 g/mol. The summed E-state index contributed by atoms with van der Waals surface area (Å²) in [6.45, 7) is 11.4. The maximum atomic E-state index is 4.63. The Bertz CT molecular complexity index is 531. The standard InChI is InChI=1S/C8H11.C7H9.CH2.2ClH.Zr/c1-6-4-5-7(2)8(6)3;1-6-3-4-7(2)5-6;;;;/h4H2,1-3H3;5H,3H2,1-2H3;1H2;2*1H;. The molecule has 2 aliphatic rings. The van der Waals surface area contributed by atoms with Crippen molar-refractivity contribution in [3.63, 3.8) is 0 Å². The van der Waals surface area contributed by atoms with Crippen LogP contribution in [-0.4, -0.2) is 4.21 Å². The Balaban J connectivity index is 0.00000162. The zero-order valence-corrected chi connectivity index (χ0v) is 16.6. The van der Waals surface area contributed by atoms with Crippen LogP contribution in [0.2, 0.25) is 0 Å². The molecular formula is C16H24Cl2Zr. The molecule has 0 aliphatic heterocycles. The maximum absolute atomic E-state index is 4.63. The van der Waals surface area contributed by atoms with E-state index in [1.54, 1.807) is 17.7 Å². The zero-order chi connectivity index (χ0) is 12.7. The Hall–Kier alpha value is 0.293. The fourth-order valence-corrected chi connectivity index (χ4v) is 9.07. The SMILES string of the molecule is Cl.Cl.[CH2]=[Zr]([C]1=C(C)C=C(C)C1)[C]1=C(C)C(C)=C(C)C1. The molecule has 0 fully saturated rings. The van der Waals surface area contributed by atoms with Gasteiger partial charge in [-0.1, -0.05) is 0 Å². The summed E-state index contributed by atoms with van der Waals surface area (Å²) < 4.78 is 8.09. The first-order chi connectivity index (χ1) is 7.91. The molecule has 0 radical (unpaired) electrons. The van der Waals surface area contributed by atoms with Gasteiger partial charge in [-0.3, -0.25) is 0 Å². The van der Waals surface area contributed by atoms with Gasteiger partial charge >= 0.3 is 113 Å². The van der Waals surface area contributed by atoms with Gasteiger partial charge < -0.3 is 0 Å². The van der Waals surface area contributed by atoms with Crippen LogP contribution >= 0.6 is 24.8 Å². The molecular weight excluding hydrogens is 354 g/mol. The van der Waals surface area contributed by atoms with Crippen molar-refractivity contribution >= 4 is 29.0 Å². The van der Waals surface area contributed by atoms with E-state index in [1.165, 1.54) is 29.6 Å². The van der Waals surface area contributed by atoms with Crippen molar-refractivity contribution in [2.24, 2.45) is 0 Å². The van der Waals surface area contributed by atoms with Crippen molar-refractivity contribution in [1.82, 2.24) is 0 Å². The minimum absolute atomic E-state index is 0. The first-order valence-electron chi connectivity index (χ1n) is 6.35. The summed E-state index contributed by atoms with van der Waals surface area (Å²) in [4.78, 5) is 0. The molecule has 0 unspecified atom stereocenters. The van der Waals surface area contributed by atoms with Gasteiger partial charge in [-0.15, -0.1) is 24.8 Å². The number of hydrogen-bond donors (Lipinski definition) is 0. The number of allylic oxidation sites excluding steroid dienone is 8. The summed E-state index contributed by atoms with van der Waals surface area (Å²) in [7, 11) is 0. The van der Waals surface area contributed by atoms with Gasteiger partial charge in [-0.2, -0.15) is 0 Å². The number of rotatable bonds is 2. The summed E-state index contributed by atoms with van der Waals surface area (Å²) in [5.74, 6) is 0. The van der Waals surface area contributed by atoms with Crippen LogP contribution in [0, 0.1) is 0 Å². The van der Waals surface area contributed by atoms with E-state index in [0.717, 1.165) is 0 Å². The molecule has 0 atom stereocenters. The van der Waals surface area contributed by atoms with Crippen LogP contribution in [0.3, 0.4) is 0 Å². The predicted molar refractivity (Wildman–Crippen MR) is 88.4 cm³/mol. The van der Waals surface area contributed by atoms with Gasteiger partial charge in [0.1, 0.15) is 0 Å². The van der Waals surface area contributed by atoms with Crippen molar-refractivity contribution in [3.05, 3.63) is 40.5 Å². The quantitative estimate of drug-likeness (QED) is 0.594. The molecule has 2 aliphatic carbocycles. The molecule has 106 valence electrons. The Morgan fingerprint density at radius 2 is 1.47 bits per heavy atom. The van der Waals surface area contributed by atoms with Gasteiger partial charge in [0.25, 0.3) is 0 Å². The van der Waals surface area contributed by atoms with E-state index in [9.17, 15) is 0 Å². The van der Waals surface area contributed by atoms with Crippen LogP contribution in [0.5, 0.6) is 0 Å². The molecule has 0 saturated heterocycles. The fraction of sp³-hybridized carbons (Fsp3) is 0.438. The first-order valence-corrected chi connectivity index (χ1v) is 10.5. The second kappa shape index (κ2) is 7.34. The molecule has 19 heavy (non-hydrogen) atoms. The second-order valence-corrected chi connectivity index (χ2v) is 10.8. The second-order valence-electron chi connectivity index (χ2n) is 5.49. The van der Waals surface area contributed by atoms with Crippen molar-refractivity contribution in [2.75, 3.05) is 0 Å². The van der Waals surface area contributed by atoms with Crippen LogP contribution in [0.15, 0.2) is 40.5 Å². The van der Waals surface area contributed by atoms with Gasteiger partial charge in [0.15, 0.2) is 0 Å². The van der Waals surface area contributed by atoms with E-state index >= 15 is 0 Å². The van der Waals surface area contributed by atoms with E-state index in [2.05, 4.69) is 44.9 Å². The first kappa shape index (κ1) is 19.3. The summed E-state index contributed by atoms with van der Waals surface area (Å²) in [5.41, 5.74) is 7.71. The molecule has 0 saturated carbocycles. The summed E-state index contributed by atoms with van der Waals surface area (Å²) >= 11 is -1.74. The number of hydrogen-bond acceptors (Lipinski definition) is 0.